The zero-order valence-corrected chi connectivity index (χ0v) is 10.2. The van der Waals surface area contributed by atoms with E-state index in [1.165, 1.54) is 31.4 Å². The SMILES string of the molecule is CC1CCC(CNCCc2cccnc2)C1. The van der Waals surface area contributed by atoms with E-state index in [4.69, 9.17) is 0 Å². The molecular formula is C14H22N2. The van der Waals surface area contributed by atoms with E-state index in [1.54, 1.807) is 0 Å². The van der Waals surface area contributed by atoms with E-state index in [0.29, 0.717) is 0 Å². The van der Waals surface area contributed by atoms with Gasteiger partial charge in [0.05, 0.1) is 0 Å². The lowest BCUT2D eigenvalue weighted by atomic mass is 10.1. The van der Waals surface area contributed by atoms with Crippen LogP contribution in [-0.2, 0) is 6.42 Å². The molecule has 2 heteroatoms. The predicted molar refractivity (Wildman–Crippen MR) is 67.3 cm³/mol. The summed E-state index contributed by atoms with van der Waals surface area (Å²) in [6.45, 7) is 4.65. The summed E-state index contributed by atoms with van der Waals surface area (Å²) in [4.78, 5) is 4.12. The van der Waals surface area contributed by atoms with Crippen molar-refractivity contribution < 1.29 is 0 Å². The highest BCUT2D eigenvalue weighted by atomic mass is 14.9. The van der Waals surface area contributed by atoms with Crippen molar-refractivity contribution in [3.05, 3.63) is 30.1 Å². The van der Waals surface area contributed by atoms with Crippen molar-refractivity contribution in [3.8, 4) is 0 Å². The Kier molecular flexibility index (Phi) is 4.34. The van der Waals surface area contributed by atoms with Gasteiger partial charge in [0.2, 0.25) is 0 Å². The maximum absolute atomic E-state index is 4.12. The standard InChI is InChI=1S/C14H22N2/c1-12-4-5-14(9-12)11-16-8-6-13-3-2-7-15-10-13/h2-3,7,10,12,14,16H,4-6,8-9,11H2,1H3. The van der Waals surface area contributed by atoms with Crippen LogP contribution in [0.25, 0.3) is 0 Å². The summed E-state index contributed by atoms with van der Waals surface area (Å²) in [6.07, 6.45) is 9.14. The topological polar surface area (TPSA) is 24.9 Å². The van der Waals surface area contributed by atoms with Crippen molar-refractivity contribution in [2.45, 2.75) is 32.6 Å². The molecule has 1 saturated carbocycles. The monoisotopic (exact) mass is 218 g/mol. The lowest BCUT2D eigenvalue weighted by molar-refractivity contribution is 0.473. The Morgan fingerprint density at radius 1 is 1.44 bits per heavy atom. The van der Waals surface area contributed by atoms with Gasteiger partial charge in [-0.15, -0.1) is 0 Å². The number of rotatable bonds is 5. The average Bonchev–Trinajstić information content (AvgIpc) is 2.72. The van der Waals surface area contributed by atoms with Crippen LogP contribution in [0.1, 0.15) is 31.7 Å². The molecule has 0 spiro atoms. The van der Waals surface area contributed by atoms with Gasteiger partial charge in [-0.2, -0.15) is 0 Å². The Bertz CT molecular complexity index is 297. The highest BCUT2D eigenvalue weighted by molar-refractivity contribution is 5.08. The lowest BCUT2D eigenvalue weighted by Gasteiger charge is -2.10. The molecule has 88 valence electrons. The van der Waals surface area contributed by atoms with E-state index in [1.807, 2.05) is 18.5 Å². The Hall–Kier alpha value is -0.890. The smallest absolute Gasteiger partial charge is 0.0300 e. The van der Waals surface area contributed by atoms with Crippen molar-refractivity contribution >= 4 is 0 Å². The number of hydrogen-bond acceptors (Lipinski definition) is 2. The van der Waals surface area contributed by atoms with E-state index < -0.39 is 0 Å². The summed E-state index contributed by atoms with van der Waals surface area (Å²) < 4.78 is 0. The van der Waals surface area contributed by atoms with Crippen LogP contribution in [0, 0.1) is 11.8 Å². The molecule has 0 aromatic carbocycles. The number of nitrogens with zero attached hydrogens (tertiary/aromatic N) is 1. The molecule has 16 heavy (non-hydrogen) atoms. The quantitative estimate of drug-likeness (QED) is 0.769. The number of nitrogens with one attached hydrogen (secondary N) is 1. The average molecular weight is 218 g/mol. The second-order valence-electron chi connectivity index (χ2n) is 5.10. The minimum absolute atomic E-state index is 0.920. The molecule has 0 bridgehead atoms. The van der Waals surface area contributed by atoms with Crippen LogP contribution in [0.15, 0.2) is 24.5 Å². The minimum Gasteiger partial charge on any atom is -0.316 e. The molecule has 0 radical (unpaired) electrons. The Balaban J connectivity index is 1.59. The summed E-state index contributed by atoms with van der Waals surface area (Å²) in [7, 11) is 0. The van der Waals surface area contributed by atoms with E-state index in [2.05, 4.69) is 23.3 Å². The maximum atomic E-state index is 4.12. The second kappa shape index (κ2) is 6.00. The van der Waals surface area contributed by atoms with E-state index in [9.17, 15) is 0 Å². The van der Waals surface area contributed by atoms with Gasteiger partial charge in [0.15, 0.2) is 0 Å². The van der Waals surface area contributed by atoms with Gasteiger partial charge in [-0.05, 0) is 55.8 Å². The molecule has 0 amide bonds. The van der Waals surface area contributed by atoms with Crippen molar-refractivity contribution in [1.82, 2.24) is 10.3 Å². The van der Waals surface area contributed by atoms with Crippen LogP contribution in [0.4, 0.5) is 0 Å². The first-order chi connectivity index (χ1) is 7.84. The summed E-state index contributed by atoms with van der Waals surface area (Å²) in [6, 6.07) is 4.15. The fourth-order valence-corrected chi connectivity index (χ4v) is 2.60. The number of aromatic nitrogens is 1. The van der Waals surface area contributed by atoms with Gasteiger partial charge < -0.3 is 5.32 Å². The molecule has 2 atom stereocenters. The molecule has 2 unspecified atom stereocenters. The highest BCUT2D eigenvalue weighted by Gasteiger charge is 2.20. The van der Waals surface area contributed by atoms with Gasteiger partial charge >= 0.3 is 0 Å². The van der Waals surface area contributed by atoms with E-state index in [-0.39, 0.29) is 0 Å². The zero-order chi connectivity index (χ0) is 11.2. The summed E-state index contributed by atoms with van der Waals surface area (Å²) in [5.41, 5.74) is 1.33. The van der Waals surface area contributed by atoms with Gasteiger partial charge in [0.25, 0.3) is 0 Å². The zero-order valence-electron chi connectivity index (χ0n) is 10.2. The second-order valence-corrected chi connectivity index (χ2v) is 5.10. The van der Waals surface area contributed by atoms with Crippen LogP contribution in [0.2, 0.25) is 0 Å². The third-order valence-corrected chi connectivity index (χ3v) is 3.55. The Morgan fingerprint density at radius 2 is 2.38 bits per heavy atom. The Labute approximate surface area is 98.5 Å². The third-order valence-electron chi connectivity index (χ3n) is 3.55. The van der Waals surface area contributed by atoms with Crippen LogP contribution in [0.5, 0.6) is 0 Å². The first kappa shape index (κ1) is 11.6. The van der Waals surface area contributed by atoms with Crippen LogP contribution in [-0.4, -0.2) is 18.1 Å². The summed E-state index contributed by atoms with van der Waals surface area (Å²) in [5, 5.41) is 3.57. The van der Waals surface area contributed by atoms with Crippen molar-refractivity contribution in [2.24, 2.45) is 11.8 Å². The molecule has 0 aliphatic heterocycles. The largest absolute Gasteiger partial charge is 0.316 e. The molecule has 1 aliphatic rings. The molecule has 2 nitrogen and oxygen atoms in total. The van der Waals surface area contributed by atoms with Crippen LogP contribution >= 0.6 is 0 Å². The lowest BCUT2D eigenvalue weighted by Crippen LogP contribution is -2.23. The van der Waals surface area contributed by atoms with Gasteiger partial charge in [-0.3, -0.25) is 4.98 Å². The van der Waals surface area contributed by atoms with Gasteiger partial charge in [0.1, 0.15) is 0 Å². The minimum atomic E-state index is 0.920. The molecule has 1 heterocycles. The van der Waals surface area contributed by atoms with Crippen molar-refractivity contribution in [1.29, 1.82) is 0 Å². The predicted octanol–water partition coefficient (Wildman–Crippen LogP) is 2.65. The van der Waals surface area contributed by atoms with Crippen molar-refractivity contribution in [3.63, 3.8) is 0 Å². The van der Waals surface area contributed by atoms with E-state index in [0.717, 1.165) is 24.8 Å². The van der Waals surface area contributed by atoms with Crippen LogP contribution in [0.3, 0.4) is 0 Å². The van der Waals surface area contributed by atoms with E-state index >= 15 is 0 Å². The fraction of sp³-hybridized carbons (Fsp3) is 0.643. The molecule has 1 aliphatic carbocycles. The Morgan fingerprint density at radius 3 is 3.06 bits per heavy atom. The molecule has 1 fully saturated rings. The van der Waals surface area contributed by atoms with Crippen molar-refractivity contribution in [2.75, 3.05) is 13.1 Å². The highest BCUT2D eigenvalue weighted by Crippen LogP contribution is 2.29. The first-order valence-corrected chi connectivity index (χ1v) is 6.44. The summed E-state index contributed by atoms with van der Waals surface area (Å²) >= 11 is 0. The molecule has 1 aromatic rings. The normalized spacial score (nSPS) is 24.8. The van der Waals surface area contributed by atoms with Crippen LogP contribution < -0.4 is 5.32 Å². The van der Waals surface area contributed by atoms with Gasteiger partial charge in [0, 0.05) is 12.4 Å². The first-order valence-electron chi connectivity index (χ1n) is 6.44. The molecule has 2 rings (SSSR count). The fourth-order valence-electron chi connectivity index (χ4n) is 2.60. The molecule has 0 saturated heterocycles. The van der Waals surface area contributed by atoms with Gasteiger partial charge in [-0.25, -0.2) is 0 Å². The molecule has 1 N–H and O–H groups in total. The molecule has 1 aromatic heterocycles. The number of pyridine rings is 1. The number of hydrogen-bond donors (Lipinski definition) is 1. The molecular weight excluding hydrogens is 196 g/mol. The third kappa shape index (κ3) is 3.60. The van der Waals surface area contributed by atoms with Gasteiger partial charge in [-0.1, -0.05) is 19.4 Å². The summed E-state index contributed by atoms with van der Waals surface area (Å²) in [5.74, 6) is 1.87. The maximum Gasteiger partial charge on any atom is 0.0300 e.